The van der Waals surface area contributed by atoms with Crippen LogP contribution in [0.1, 0.15) is 74.5 Å². The average molecular weight is 564 g/mol. The van der Waals surface area contributed by atoms with Crippen LogP contribution in [0.25, 0.3) is 28.6 Å². The molecule has 1 fully saturated rings. The van der Waals surface area contributed by atoms with Gasteiger partial charge in [0.1, 0.15) is 5.82 Å². The van der Waals surface area contributed by atoms with Gasteiger partial charge in [0, 0.05) is 35.2 Å². The molecule has 0 atom stereocenters. The Morgan fingerprint density at radius 1 is 1.00 bits per heavy atom. The highest BCUT2D eigenvalue weighted by molar-refractivity contribution is 5.78. The number of aromatic amines is 1. The number of hydrogen-bond acceptors (Lipinski definition) is 9. The van der Waals surface area contributed by atoms with Gasteiger partial charge in [0.25, 0.3) is 5.56 Å². The number of nitrogens with zero attached hydrogens (tertiary/aromatic N) is 8. The summed E-state index contributed by atoms with van der Waals surface area (Å²) in [7, 11) is 0. The van der Waals surface area contributed by atoms with Crippen molar-refractivity contribution in [3.8, 4) is 34.3 Å². The molecular formula is C31H33N9O2. The second-order valence-electron chi connectivity index (χ2n) is 10.4. The van der Waals surface area contributed by atoms with Gasteiger partial charge in [0.2, 0.25) is 11.8 Å². The van der Waals surface area contributed by atoms with Crippen LogP contribution in [0.3, 0.4) is 0 Å². The summed E-state index contributed by atoms with van der Waals surface area (Å²) in [5.74, 6) is 2.39. The lowest BCUT2D eigenvalue weighted by atomic mass is 9.84. The number of benzene rings is 1. The fourth-order valence-electron chi connectivity index (χ4n) is 5.22. The summed E-state index contributed by atoms with van der Waals surface area (Å²) in [6.07, 6.45) is 11.3. The normalized spacial score (nSPS) is 13.2. The first-order valence-electron chi connectivity index (χ1n) is 14.5. The van der Waals surface area contributed by atoms with E-state index < -0.39 is 0 Å². The van der Waals surface area contributed by atoms with Crippen LogP contribution in [0, 0.1) is 0 Å². The van der Waals surface area contributed by atoms with Crippen molar-refractivity contribution < 1.29 is 4.74 Å². The number of aryl methyl sites for hydroxylation is 1. The van der Waals surface area contributed by atoms with Crippen LogP contribution in [-0.2, 0) is 12.8 Å². The van der Waals surface area contributed by atoms with Gasteiger partial charge in [-0.1, -0.05) is 50.1 Å². The van der Waals surface area contributed by atoms with Crippen molar-refractivity contribution in [2.24, 2.45) is 0 Å². The van der Waals surface area contributed by atoms with Crippen molar-refractivity contribution in [3.63, 3.8) is 0 Å². The molecule has 4 heterocycles. The van der Waals surface area contributed by atoms with Crippen LogP contribution in [0.5, 0.6) is 5.75 Å². The maximum atomic E-state index is 14.3. The zero-order valence-corrected chi connectivity index (χ0v) is 23.8. The quantitative estimate of drug-likeness (QED) is 0.239. The zero-order valence-electron chi connectivity index (χ0n) is 23.8. The summed E-state index contributed by atoms with van der Waals surface area (Å²) in [4.78, 5) is 33.2. The molecule has 0 spiro atoms. The molecule has 4 aromatic heterocycles. The Bertz CT molecular complexity index is 1690. The number of tetrazole rings is 1. The number of nitrogens with one attached hydrogen (secondary N) is 1. The molecule has 0 bridgehead atoms. The van der Waals surface area contributed by atoms with Crippen molar-refractivity contribution in [3.05, 3.63) is 88.0 Å². The molecule has 0 saturated heterocycles. The Morgan fingerprint density at radius 3 is 2.45 bits per heavy atom. The van der Waals surface area contributed by atoms with Crippen LogP contribution in [0.2, 0.25) is 0 Å². The molecule has 0 unspecified atom stereocenters. The van der Waals surface area contributed by atoms with E-state index in [0.29, 0.717) is 36.1 Å². The molecule has 1 aliphatic rings. The third kappa shape index (κ3) is 5.54. The monoisotopic (exact) mass is 563 g/mol. The third-order valence-electron chi connectivity index (χ3n) is 7.65. The molecule has 6 rings (SSSR count). The maximum absolute atomic E-state index is 14.3. The largest absolute Gasteiger partial charge is 0.491 e. The van der Waals surface area contributed by atoms with E-state index in [4.69, 9.17) is 14.7 Å². The summed E-state index contributed by atoms with van der Waals surface area (Å²) in [6.45, 7) is 4.58. The number of unbranched alkanes of at least 4 members (excludes halogenated alkanes) is 1. The predicted octanol–water partition coefficient (Wildman–Crippen LogP) is 4.86. The molecule has 42 heavy (non-hydrogen) atoms. The van der Waals surface area contributed by atoms with E-state index in [0.717, 1.165) is 72.4 Å². The van der Waals surface area contributed by atoms with Crippen LogP contribution >= 0.6 is 0 Å². The van der Waals surface area contributed by atoms with E-state index in [1.807, 2.05) is 49.5 Å². The van der Waals surface area contributed by atoms with Gasteiger partial charge in [-0.3, -0.25) is 9.78 Å². The second-order valence-corrected chi connectivity index (χ2v) is 10.4. The van der Waals surface area contributed by atoms with Gasteiger partial charge in [-0.05, 0) is 49.5 Å². The summed E-state index contributed by atoms with van der Waals surface area (Å²) >= 11 is 0. The highest BCUT2D eigenvalue weighted by Crippen LogP contribution is 2.36. The standard InChI is InChI=1S/C31H33N9O2/c1-3-5-13-27-25(16-20-14-15-26(32-17-20)23-11-6-7-12-24(23)28-36-38-39-37-28)30(41)40(29(35-27)21-9-8-10-21)31-33-18-22(19-34-31)42-4-2/h6-7,11-12,14-15,17-19,21H,3-5,8-10,13,16H2,1-2H3,(H,36,37,38,39). The van der Waals surface area contributed by atoms with Gasteiger partial charge in [0.15, 0.2) is 5.75 Å². The number of rotatable bonds is 11. The molecule has 1 saturated carbocycles. The number of H-pyrrole nitrogens is 1. The molecule has 214 valence electrons. The molecule has 11 heteroatoms. The molecule has 0 radical (unpaired) electrons. The average Bonchev–Trinajstić information content (AvgIpc) is 3.53. The summed E-state index contributed by atoms with van der Waals surface area (Å²) in [6, 6.07) is 11.8. The Hall–Kier alpha value is -4.80. The van der Waals surface area contributed by atoms with Gasteiger partial charge in [-0.15, -0.1) is 10.2 Å². The lowest BCUT2D eigenvalue weighted by molar-refractivity contribution is 0.337. The third-order valence-corrected chi connectivity index (χ3v) is 7.65. The van der Waals surface area contributed by atoms with Crippen molar-refractivity contribution in [2.75, 3.05) is 6.61 Å². The van der Waals surface area contributed by atoms with Crippen LogP contribution in [0.4, 0.5) is 0 Å². The van der Waals surface area contributed by atoms with Crippen LogP contribution in [-0.4, -0.2) is 51.7 Å². The Balaban J connectivity index is 1.38. The Kier molecular flexibility index (Phi) is 8.07. The van der Waals surface area contributed by atoms with Crippen molar-refractivity contribution in [1.29, 1.82) is 0 Å². The first kappa shape index (κ1) is 27.4. The van der Waals surface area contributed by atoms with E-state index in [1.165, 1.54) is 0 Å². The number of ether oxygens (including phenoxy) is 1. The molecule has 0 amide bonds. The minimum atomic E-state index is -0.117. The fourth-order valence-corrected chi connectivity index (χ4v) is 5.22. The van der Waals surface area contributed by atoms with E-state index in [-0.39, 0.29) is 11.5 Å². The second kappa shape index (κ2) is 12.4. The smallest absolute Gasteiger partial charge is 0.264 e. The maximum Gasteiger partial charge on any atom is 0.264 e. The summed E-state index contributed by atoms with van der Waals surface area (Å²) in [5.41, 5.74) is 4.84. The first-order chi connectivity index (χ1) is 20.7. The molecule has 1 N–H and O–H groups in total. The van der Waals surface area contributed by atoms with Crippen molar-refractivity contribution in [1.82, 2.24) is 45.1 Å². The number of pyridine rings is 1. The number of hydrogen-bond donors (Lipinski definition) is 1. The SMILES string of the molecule is CCCCc1nc(C2CCC2)n(-c2ncc(OCC)cn2)c(=O)c1Cc1ccc(-c2ccccc2-c2nn[nH]n2)nc1. The molecule has 1 aliphatic carbocycles. The van der Waals surface area contributed by atoms with Gasteiger partial charge in [-0.25, -0.2) is 19.5 Å². The fraction of sp³-hybridized carbons (Fsp3) is 0.355. The highest BCUT2D eigenvalue weighted by Gasteiger charge is 2.29. The van der Waals surface area contributed by atoms with Crippen molar-refractivity contribution >= 4 is 0 Å². The Labute approximate surface area is 243 Å². The topological polar surface area (TPSA) is 137 Å². The molecular weight excluding hydrogens is 530 g/mol. The summed E-state index contributed by atoms with van der Waals surface area (Å²) < 4.78 is 7.14. The predicted molar refractivity (Wildman–Crippen MR) is 157 cm³/mol. The van der Waals surface area contributed by atoms with E-state index >= 15 is 0 Å². The highest BCUT2D eigenvalue weighted by atomic mass is 16.5. The first-order valence-corrected chi connectivity index (χ1v) is 14.5. The van der Waals surface area contributed by atoms with E-state index in [1.54, 1.807) is 17.0 Å². The molecule has 11 nitrogen and oxygen atoms in total. The Morgan fingerprint density at radius 2 is 1.81 bits per heavy atom. The summed E-state index contributed by atoms with van der Waals surface area (Å²) in [5, 5.41) is 14.5. The van der Waals surface area contributed by atoms with Gasteiger partial charge >= 0.3 is 0 Å². The lowest BCUT2D eigenvalue weighted by Crippen LogP contribution is -2.33. The minimum Gasteiger partial charge on any atom is -0.491 e. The minimum absolute atomic E-state index is 0.117. The lowest BCUT2D eigenvalue weighted by Gasteiger charge is -2.28. The van der Waals surface area contributed by atoms with Gasteiger partial charge < -0.3 is 4.74 Å². The van der Waals surface area contributed by atoms with Gasteiger partial charge in [0.05, 0.1) is 30.4 Å². The van der Waals surface area contributed by atoms with Crippen LogP contribution in [0.15, 0.2) is 59.8 Å². The molecule has 0 aliphatic heterocycles. The molecule has 1 aromatic carbocycles. The van der Waals surface area contributed by atoms with Gasteiger partial charge in [-0.2, -0.15) is 5.21 Å². The van der Waals surface area contributed by atoms with E-state index in [2.05, 4.69) is 37.5 Å². The van der Waals surface area contributed by atoms with E-state index in [9.17, 15) is 4.79 Å². The zero-order chi connectivity index (χ0) is 28.9. The van der Waals surface area contributed by atoms with Crippen LogP contribution < -0.4 is 10.3 Å². The number of aromatic nitrogens is 9. The van der Waals surface area contributed by atoms with Crippen molar-refractivity contribution in [2.45, 2.75) is 64.7 Å². The molecule has 5 aromatic rings.